The van der Waals surface area contributed by atoms with Gasteiger partial charge in [0, 0.05) is 57.6 Å². The number of fused-ring (bicyclic) bond motifs is 1. The average molecular weight is 616 g/mol. The molecule has 3 rings (SSSR count). The third kappa shape index (κ3) is 13.6. The first-order valence-corrected chi connectivity index (χ1v) is 16.5. The van der Waals surface area contributed by atoms with Gasteiger partial charge in [0.25, 0.3) is 0 Å². The van der Waals surface area contributed by atoms with Gasteiger partial charge < -0.3 is 26.0 Å². The Hall–Kier alpha value is -2.82. The molecule has 3 amide bonds. The molecule has 43 heavy (non-hydrogen) atoms. The highest BCUT2D eigenvalue weighted by atomic mass is 32.1. The van der Waals surface area contributed by atoms with Crippen LogP contribution in [0.4, 0.5) is 0 Å². The van der Waals surface area contributed by atoms with Crippen molar-refractivity contribution in [3.05, 3.63) is 40.9 Å². The number of amides is 3. The van der Waals surface area contributed by atoms with Gasteiger partial charge in [-0.1, -0.05) is 52.7 Å². The quantitative estimate of drug-likeness (QED) is 0.230. The summed E-state index contributed by atoms with van der Waals surface area (Å²) < 4.78 is 6.29. The van der Waals surface area contributed by atoms with Crippen LogP contribution in [-0.2, 0) is 25.5 Å². The third-order valence-corrected chi connectivity index (χ3v) is 8.96. The van der Waals surface area contributed by atoms with Crippen molar-refractivity contribution < 1.29 is 19.1 Å². The maximum atomic E-state index is 13.0. The second-order valence-electron chi connectivity index (χ2n) is 11.7. The van der Waals surface area contributed by atoms with E-state index < -0.39 is 0 Å². The van der Waals surface area contributed by atoms with Gasteiger partial charge in [0.05, 0.1) is 21.8 Å². The largest absolute Gasteiger partial charge is 0.383 e. The van der Waals surface area contributed by atoms with Crippen molar-refractivity contribution in [2.24, 2.45) is 11.7 Å². The Bertz CT molecular complexity index is 1180. The van der Waals surface area contributed by atoms with E-state index in [1.54, 1.807) is 25.4 Å². The molecule has 0 spiro atoms. The number of methoxy groups -OCH3 is 1. The first-order valence-electron chi connectivity index (χ1n) is 15.6. The summed E-state index contributed by atoms with van der Waals surface area (Å²) in [5, 5.41) is 7.30. The van der Waals surface area contributed by atoms with Gasteiger partial charge in [0.1, 0.15) is 0 Å². The topological polar surface area (TPSA) is 127 Å². The van der Waals surface area contributed by atoms with Crippen molar-refractivity contribution in [3.8, 4) is 0 Å². The molecule has 0 unspecified atom stereocenters. The summed E-state index contributed by atoms with van der Waals surface area (Å²) >= 11 is 1.68. The molecule has 1 aliphatic carbocycles. The molecule has 1 aliphatic rings. The van der Waals surface area contributed by atoms with E-state index in [0.29, 0.717) is 56.2 Å². The minimum atomic E-state index is -0.245. The monoisotopic (exact) mass is 615 g/mol. The smallest absolute Gasteiger partial charge is 0.246 e. The lowest BCUT2D eigenvalue weighted by molar-refractivity contribution is -0.123. The van der Waals surface area contributed by atoms with Crippen LogP contribution in [0.25, 0.3) is 10.2 Å². The Kier molecular flexibility index (Phi) is 16.5. The van der Waals surface area contributed by atoms with Gasteiger partial charge in [-0.2, -0.15) is 0 Å². The lowest BCUT2D eigenvalue weighted by atomic mass is 9.83. The van der Waals surface area contributed by atoms with Crippen molar-refractivity contribution >= 4 is 39.3 Å². The predicted octanol–water partition coefficient (Wildman–Crippen LogP) is 4.94. The number of nitrogens with two attached hydrogens (primary N) is 1. The molecule has 0 bridgehead atoms. The highest BCUT2D eigenvalue weighted by Crippen LogP contribution is 2.28. The fourth-order valence-corrected chi connectivity index (χ4v) is 5.97. The number of primary amides is 1. The molecular weight excluding hydrogens is 562 g/mol. The zero-order valence-corrected chi connectivity index (χ0v) is 27.7. The molecular formula is C33H53N5O4S. The van der Waals surface area contributed by atoms with Gasteiger partial charge in [0.2, 0.25) is 17.7 Å². The summed E-state index contributed by atoms with van der Waals surface area (Å²) in [5.41, 5.74) is 7.53. The van der Waals surface area contributed by atoms with Crippen LogP contribution in [-0.4, -0.2) is 74.0 Å². The minimum Gasteiger partial charge on any atom is -0.383 e. The van der Waals surface area contributed by atoms with Crippen LogP contribution in [0.15, 0.2) is 30.4 Å². The highest BCUT2D eigenvalue weighted by molar-refractivity contribution is 7.18. The number of nitrogens with one attached hydrogen (secondary N) is 2. The van der Waals surface area contributed by atoms with Gasteiger partial charge >= 0.3 is 0 Å². The van der Waals surface area contributed by atoms with Crippen LogP contribution in [0, 0.1) is 5.92 Å². The van der Waals surface area contributed by atoms with Crippen molar-refractivity contribution in [3.63, 3.8) is 0 Å². The van der Waals surface area contributed by atoms with E-state index in [9.17, 15) is 14.4 Å². The number of thiazole rings is 1. The standard InChI is InChI=1S/C30H46N4O3S.C3H7NO/c1-21(2)24-11-12-25-27(19-24)38-29(33-25)14-13-28(35)32-26(23-9-7-6-8-10-23)20-31-30(36)22(3)15-16-34(4)17-18-37-5;1-2-3(4)5/h11-12,19,21,23,26H,3,6-10,13-18,20H2,1-2,4-5H3,(H,31,36)(H,32,35);2H2,1H3,(H2,4,5)/t26-;/m1./s1. The van der Waals surface area contributed by atoms with E-state index >= 15 is 0 Å². The van der Waals surface area contributed by atoms with Gasteiger partial charge in [-0.15, -0.1) is 11.3 Å². The lowest BCUT2D eigenvalue weighted by Crippen LogP contribution is -2.48. The van der Waals surface area contributed by atoms with Gasteiger partial charge in [-0.25, -0.2) is 4.98 Å². The number of benzene rings is 1. The zero-order chi connectivity index (χ0) is 31.8. The second kappa shape index (κ2) is 19.5. The second-order valence-corrected chi connectivity index (χ2v) is 12.9. The van der Waals surface area contributed by atoms with Gasteiger partial charge in [0.15, 0.2) is 0 Å². The van der Waals surface area contributed by atoms with Crippen LogP contribution in [0.5, 0.6) is 0 Å². The molecule has 1 aromatic carbocycles. The first kappa shape index (κ1) is 36.4. The number of aryl methyl sites for hydroxylation is 1. The average Bonchev–Trinajstić information content (AvgIpc) is 3.42. The fraction of sp³-hybridized carbons (Fsp3) is 0.636. The Balaban J connectivity index is 0.00000119. The summed E-state index contributed by atoms with van der Waals surface area (Å²) in [5.74, 6) is 0.515. The molecule has 2 aromatic rings. The Morgan fingerprint density at radius 2 is 1.86 bits per heavy atom. The molecule has 1 aromatic heterocycles. The van der Waals surface area contributed by atoms with Crippen LogP contribution >= 0.6 is 11.3 Å². The van der Waals surface area contributed by atoms with E-state index in [4.69, 9.17) is 9.72 Å². The molecule has 4 N–H and O–H groups in total. The normalized spacial score (nSPS) is 14.3. The molecule has 0 aliphatic heterocycles. The molecule has 10 heteroatoms. The number of aromatic nitrogens is 1. The molecule has 240 valence electrons. The number of hydrogen-bond acceptors (Lipinski definition) is 7. The van der Waals surface area contributed by atoms with Crippen LogP contribution in [0.2, 0.25) is 0 Å². The minimum absolute atomic E-state index is 0.0237. The van der Waals surface area contributed by atoms with Gasteiger partial charge in [-0.3, -0.25) is 14.4 Å². The predicted molar refractivity (Wildman–Crippen MR) is 176 cm³/mol. The Morgan fingerprint density at radius 3 is 2.49 bits per heavy atom. The van der Waals surface area contributed by atoms with E-state index in [1.807, 2.05) is 7.05 Å². The summed E-state index contributed by atoms with van der Waals surface area (Å²) in [6, 6.07) is 6.38. The van der Waals surface area contributed by atoms with Crippen molar-refractivity contribution in [1.29, 1.82) is 0 Å². The summed E-state index contributed by atoms with van der Waals surface area (Å²) in [6.45, 7) is 12.8. The molecule has 1 heterocycles. The van der Waals surface area contributed by atoms with Crippen molar-refractivity contribution in [1.82, 2.24) is 20.5 Å². The van der Waals surface area contributed by atoms with Crippen molar-refractivity contribution in [2.75, 3.05) is 40.4 Å². The Morgan fingerprint density at radius 1 is 1.16 bits per heavy atom. The third-order valence-electron chi connectivity index (χ3n) is 7.88. The molecule has 1 saturated carbocycles. The highest BCUT2D eigenvalue weighted by Gasteiger charge is 2.26. The van der Waals surface area contributed by atoms with Crippen LogP contribution in [0.1, 0.15) is 88.6 Å². The van der Waals surface area contributed by atoms with Crippen LogP contribution < -0.4 is 16.4 Å². The maximum Gasteiger partial charge on any atom is 0.246 e. The number of carbonyl (C=O) groups excluding carboxylic acids is 3. The molecule has 0 saturated heterocycles. The molecule has 1 fully saturated rings. The SMILES string of the molecule is C=C(CCN(C)CCOC)C(=O)NC[C@@H](NC(=O)CCc1nc2ccc(C(C)C)cc2s1)C1CCCCC1.CCC(N)=O. The number of nitrogens with zero attached hydrogens (tertiary/aromatic N) is 2. The number of carbonyl (C=O) groups is 3. The first-order chi connectivity index (χ1) is 20.5. The molecule has 0 radical (unpaired) electrons. The van der Waals surface area contributed by atoms with Gasteiger partial charge in [-0.05, 0) is 55.8 Å². The van der Waals surface area contributed by atoms with E-state index in [1.165, 1.54) is 29.5 Å². The van der Waals surface area contributed by atoms with E-state index in [0.717, 1.165) is 36.5 Å². The maximum absolute atomic E-state index is 13.0. The Labute approximate surface area is 262 Å². The lowest BCUT2D eigenvalue weighted by Gasteiger charge is -2.31. The van der Waals surface area contributed by atoms with E-state index in [2.05, 4.69) is 59.9 Å². The fourth-order valence-electron chi connectivity index (χ4n) is 4.95. The zero-order valence-electron chi connectivity index (χ0n) is 26.9. The van der Waals surface area contributed by atoms with Crippen LogP contribution in [0.3, 0.4) is 0 Å². The number of ether oxygens (including phenoxy) is 1. The number of hydrogen-bond donors (Lipinski definition) is 3. The molecule has 9 nitrogen and oxygen atoms in total. The van der Waals surface area contributed by atoms with E-state index in [-0.39, 0.29) is 23.8 Å². The number of likely N-dealkylation sites (N-methyl/N-ethyl adjacent to an activating group) is 1. The summed E-state index contributed by atoms with van der Waals surface area (Å²) in [6.07, 6.45) is 7.84. The summed E-state index contributed by atoms with van der Waals surface area (Å²) in [4.78, 5) is 42.2. The van der Waals surface area contributed by atoms with Crippen molar-refractivity contribution in [2.45, 2.75) is 90.5 Å². The molecule has 1 atom stereocenters. The number of rotatable bonds is 16. The summed E-state index contributed by atoms with van der Waals surface area (Å²) in [7, 11) is 3.70.